The SMILES string of the molecule is CCCNCc1nnnn1-c1c(Cl)ccc(C)c1Cl. The van der Waals surface area contributed by atoms with Gasteiger partial charge in [0.2, 0.25) is 0 Å². The first-order chi connectivity index (χ1) is 9.15. The molecular formula is C12H15Cl2N5. The summed E-state index contributed by atoms with van der Waals surface area (Å²) in [6.07, 6.45) is 1.05. The largest absolute Gasteiger partial charge is 0.310 e. The average molecular weight is 300 g/mol. The molecule has 5 nitrogen and oxygen atoms in total. The van der Waals surface area contributed by atoms with E-state index < -0.39 is 0 Å². The van der Waals surface area contributed by atoms with Gasteiger partial charge in [-0.2, -0.15) is 4.68 Å². The molecule has 0 atom stereocenters. The maximum Gasteiger partial charge on any atom is 0.170 e. The first-order valence-corrected chi connectivity index (χ1v) is 6.83. The van der Waals surface area contributed by atoms with Crippen molar-refractivity contribution < 1.29 is 0 Å². The van der Waals surface area contributed by atoms with Crippen molar-refractivity contribution >= 4 is 23.2 Å². The number of benzene rings is 1. The molecule has 0 aliphatic rings. The van der Waals surface area contributed by atoms with Crippen LogP contribution in [-0.4, -0.2) is 26.8 Å². The van der Waals surface area contributed by atoms with Gasteiger partial charge < -0.3 is 5.32 Å². The summed E-state index contributed by atoms with van der Waals surface area (Å²) in [6, 6.07) is 3.66. The molecule has 0 saturated carbocycles. The fourth-order valence-electron chi connectivity index (χ4n) is 1.70. The van der Waals surface area contributed by atoms with Crippen molar-refractivity contribution in [2.24, 2.45) is 0 Å². The van der Waals surface area contributed by atoms with Crippen LogP contribution < -0.4 is 5.32 Å². The van der Waals surface area contributed by atoms with Crippen LogP contribution in [0.5, 0.6) is 0 Å². The van der Waals surface area contributed by atoms with Crippen molar-refractivity contribution in [3.05, 3.63) is 33.6 Å². The lowest BCUT2D eigenvalue weighted by Gasteiger charge is -2.10. The molecule has 0 aliphatic carbocycles. The van der Waals surface area contributed by atoms with Crippen LogP contribution in [0.1, 0.15) is 24.7 Å². The topological polar surface area (TPSA) is 55.6 Å². The van der Waals surface area contributed by atoms with Gasteiger partial charge in [0, 0.05) is 0 Å². The Morgan fingerprint density at radius 2 is 2.11 bits per heavy atom. The molecular weight excluding hydrogens is 285 g/mol. The highest BCUT2D eigenvalue weighted by molar-refractivity contribution is 6.38. The summed E-state index contributed by atoms with van der Waals surface area (Å²) in [5, 5.41) is 16.0. The predicted octanol–water partition coefficient (Wildman–Crippen LogP) is 2.78. The van der Waals surface area contributed by atoms with E-state index in [0.29, 0.717) is 28.1 Å². The molecule has 102 valence electrons. The van der Waals surface area contributed by atoms with Gasteiger partial charge in [-0.15, -0.1) is 5.10 Å². The van der Waals surface area contributed by atoms with Crippen LogP contribution in [0, 0.1) is 6.92 Å². The van der Waals surface area contributed by atoms with E-state index in [1.807, 2.05) is 13.0 Å². The zero-order valence-corrected chi connectivity index (χ0v) is 12.3. The van der Waals surface area contributed by atoms with Gasteiger partial charge in [0.15, 0.2) is 5.82 Å². The average Bonchev–Trinajstić information content (AvgIpc) is 2.83. The molecule has 0 bridgehead atoms. The second-order valence-corrected chi connectivity index (χ2v) is 5.00. The summed E-state index contributed by atoms with van der Waals surface area (Å²) in [6.45, 7) is 5.50. The van der Waals surface area contributed by atoms with E-state index in [9.17, 15) is 0 Å². The molecule has 2 rings (SSSR count). The predicted molar refractivity (Wildman–Crippen MR) is 75.9 cm³/mol. The Balaban J connectivity index is 2.37. The first-order valence-electron chi connectivity index (χ1n) is 6.08. The number of tetrazole rings is 1. The van der Waals surface area contributed by atoms with Gasteiger partial charge >= 0.3 is 0 Å². The van der Waals surface area contributed by atoms with Crippen LogP contribution in [0.4, 0.5) is 0 Å². The van der Waals surface area contributed by atoms with Crippen molar-refractivity contribution in [3.63, 3.8) is 0 Å². The van der Waals surface area contributed by atoms with Crippen molar-refractivity contribution in [1.82, 2.24) is 25.5 Å². The first kappa shape index (κ1) is 14.2. The fourth-order valence-corrected chi connectivity index (χ4v) is 2.23. The number of hydrogen-bond acceptors (Lipinski definition) is 4. The number of nitrogens with zero attached hydrogens (tertiary/aromatic N) is 4. The quantitative estimate of drug-likeness (QED) is 0.863. The number of aryl methyl sites for hydroxylation is 1. The molecule has 0 unspecified atom stereocenters. The Hall–Kier alpha value is -1.17. The fraction of sp³-hybridized carbons (Fsp3) is 0.417. The number of hydrogen-bond donors (Lipinski definition) is 1. The second-order valence-electron chi connectivity index (χ2n) is 4.21. The van der Waals surface area contributed by atoms with Crippen LogP contribution >= 0.6 is 23.2 Å². The van der Waals surface area contributed by atoms with Gasteiger partial charge in [0.1, 0.15) is 5.69 Å². The number of nitrogens with one attached hydrogen (secondary N) is 1. The van der Waals surface area contributed by atoms with Gasteiger partial charge in [0.05, 0.1) is 16.6 Å². The molecule has 7 heteroatoms. The standard InChI is InChI=1S/C12H15Cl2N5/c1-3-6-15-7-10-16-17-18-19(10)12-9(13)5-4-8(2)11(12)14/h4-5,15H,3,6-7H2,1-2H3. The van der Waals surface area contributed by atoms with Crippen LogP contribution in [0.25, 0.3) is 5.69 Å². The zero-order chi connectivity index (χ0) is 13.8. The minimum absolute atomic E-state index is 0.527. The van der Waals surface area contributed by atoms with E-state index in [1.54, 1.807) is 10.7 Å². The smallest absolute Gasteiger partial charge is 0.170 e. The summed E-state index contributed by atoms with van der Waals surface area (Å²) in [5.41, 5.74) is 1.56. The summed E-state index contributed by atoms with van der Waals surface area (Å²) in [7, 11) is 0. The Morgan fingerprint density at radius 1 is 1.32 bits per heavy atom. The normalized spacial score (nSPS) is 10.9. The molecule has 2 aromatic rings. The molecule has 1 heterocycles. The monoisotopic (exact) mass is 299 g/mol. The lowest BCUT2D eigenvalue weighted by Crippen LogP contribution is -2.18. The second kappa shape index (κ2) is 6.32. The van der Waals surface area contributed by atoms with E-state index >= 15 is 0 Å². The summed E-state index contributed by atoms with van der Waals surface area (Å²) in [4.78, 5) is 0. The highest BCUT2D eigenvalue weighted by Crippen LogP contribution is 2.31. The number of aromatic nitrogens is 4. The van der Waals surface area contributed by atoms with E-state index in [0.717, 1.165) is 18.5 Å². The van der Waals surface area contributed by atoms with Gasteiger partial charge in [-0.3, -0.25) is 0 Å². The van der Waals surface area contributed by atoms with Crippen LogP contribution in [0.15, 0.2) is 12.1 Å². The van der Waals surface area contributed by atoms with Gasteiger partial charge in [-0.05, 0) is 41.9 Å². The van der Waals surface area contributed by atoms with Crippen molar-refractivity contribution in [3.8, 4) is 5.69 Å². The molecule has 19 heavy (non-hydrogen) atoms. The number of rotatable bonds is 5. The summed E-state index contributed by atoms with van der Waals surface area (Å²) >= 11 is 12.5. The Bertz CT molecular complexity index is 567. The minimum atomic E-state index is 0.527. The molecule has 1 aromatic heterocycles. The third-order valence-corrected chi connectivity index (χ3v) is 3.50. The molecule has 0 radical (unpaired) electrons. The lowest BCUT2D eigenvalue weighted by atomic mass is 10.2. The molecule has 0 amide bonds. The van der Waals surface area contributed by atoms with E-state index in [4.69, 9.17) is 23.2 Å². The summed E-state index contributed by atoms with van der Waals surface area (Å²) < 4.78 is 1.58. The van der Waals surface area contributed by atoms with Crippen molar-refractivity contribution in [2.75, 3.05) is 6.54 Å². The van der Waals surface area contributed by atoms with Crippen molar-refractivity contribution in [2.45, 2.75) is 26.8 Å². The van der Waals surface area contributed by atoms with E-state index in [2.05, 4.69) is 27.8 Å². The molecule has 1 N–H and O–H groups in total. The van der Waals surface area contributed by atoms with Crippen LogP contribution in [0.3, 0.4) is 0 Å². The summed E-state index contributed by atoms with van der Waals surface area (Å²) in [5.74, 6) is 0.683. The molecule has 0 aliphatic heterocycles. The van der Waals surface area contributed by atoms with Crippen LogP contribution in [0.2, 0.25) is 10.0 Å². The van der Waals surface area contributed by atoms with Crippen molar-refractivity contribution in [1.29, 1.82) is 0 Å². The third kappa shape index (κ3) is 3.05. The van der Waals surface area contributed by atoms with E-state index in [1.165, 1.54) is 0 Å². The van der Waals surface area contributed by atoms with Crippen LogP contribution in [-0.2, 0) is 6.54 Å². The maximum absolute atomic E-state index is 6.30. The zero-order valence-electron chi connectivity index (χ0n) is 10.8. The lowest BCUT2D eigenvalue weighted by molar-refractivity contribution is 0.633. The van der Waals surface area contributed by atoms with E-state index in [-0.39, 0.29) is 0 Å². The maximum atomic E-state index is 6.30. The molecule has 0 fully saturated rings. The highest BCUT2D eigenvalue weighted by Gasteiger charge is 2.16. The van der Waals surface area contributed by atoms with Gasteiger partial charge in [-0.25, -0.2) is 0 Å². The Morgan fingerprint density at radius 3 is 2.84 bits per heavy atom. The minimum Gasteiger partial charge on any atom is -0.310 e. The Kier molecular flexibility index (Phi) is 4.74. The third-order valence-electron chi connectivity index (χ3n) is 2.72. The number of halogens is 2. The molecule has 0 spiro atoms. The van der Waals surface area contributed by atoms with Gasteiger partial charge in [-0.1, -0.05) is 36.2 Å². The molecule has 0 saturated heterocycles. The highest BCUT2D eigenvalue weighted by atomic mass is 35.5. The molecule has 1 aromatic carbocycles. The Labute approximate surface area is 121 Å². The van der Waals surface area contributed by atoms with Gasteiger partial charge in [0.25, 0.3) is 0 Å².